The van der Waals surface area contributed by atoms with E-state index in [0.29, 0.717) is 10.8 Å². The maximum Gasteiger partial charge on any atom is 0.253 e. The molecule has 0 aliphatic carbocycles. The lowest BCUT2D eigenvalue weighted by Crippen LogP contribution is -2.33. The van der Waals surface area contributed by atoms with Crippen molar-refractivity contribution < 1.29 is 9.59 Å². The Morgan fingerprint density at radius 2 is 1.85 bits per heavy atom. The van der Waals surface area contributed by atoms with E-state index in [9.17, 15) is 9.59 Å². The van der Waals surface area contributed by atoms with Crippen molar-refractivity contribution in [3.05, 3.63) is 52.1 Å². The summed E-state index contributed by atoms with van der Waals surface area (Å²) in [5, 5.41) is 5.86. The molecule has 0 saturated carbocycles. The normalized spacial score (nSPS) is 13.9. The molecule has 1 aromatic heterocycles. The molecule has 2 aromatic rings. The van der Waals surface area contributed by atoms with Gasteiger partial charge in [-0.25, -0.2) is 4.98 Å². The van der Waals surface area contributed by atoms with Crippen molar-refractivity contribution in [2.24, 2.45) is 0 Å². The predicted molar refractivity (Wildman–Crippen MR) is 108 cm³/mol. The van der Waals surface area contributed by atoms with Gasteiger partial charge >= 0.3 is 0 Å². The first kappa shape index (κ1) is 19.5. The Balaban J connectivity index is 1.50. The molecule has 1 saturated heterocycles. The Morgan fingerprint density at radius 3 is 2.52 bits per heavy atom. The number of hydrogen-bond acceptors (Lipinski definition) is 4. The molecule has 3 rings (SSSR count). The number of hydrogen-bond donors (Lipinski definition) is 2. The van der Waals surface area contributed by atoms with Gasteiger partial charge in [0.05, 0.1) is 29.0 Å². The molecule has 0 unspecified atom stereocenters. The fourth-order valence-electron chi connectivity index (χ4n) is 2.92. The molecule has 142 valence electrons. The number of nitrogens with one attached hydrogen (secondary N) is 2. The van der Waals surface area contributed by atoms with Crippen LogP contribution >= 0.6 is 23.2 Å². The number of anilines is 2. The third kappa shape index (κ3) is 5.34. The topological polar surface area (TPSA) is 74.3 Å². The number of nitrogens with zero attached hydrogens (tertiary/aromatic N) is 2. The second-order valence-corrected chi connectivity index (χ2v) is 7.15. The number of halogens is 2. The average Bonchev–Trinajstić information content (AvgIpc) is 2.67. The lowest BCUT2D eigenvalue weighted by atomic mass is 10.1. The van der Waals surface area contributed by atoms with E-state index in [-0.39, 0.29) is 23.0 Å². The number of pyridine rings is 1. The maximum absolute atomic E-state index is 12.1. The van der Waals surface area contributed by atoms with Crippen LogP contribution in [0.3, 0.4) is 0 Å². The van der Waals surface area contributed by atoms with E-state index < -0.39 is 5.91 Å². The van der Waals surface area contributed by atoms with Gasteiger partial charge in [-0.05, 0) is 49.6 Å². The van der Waals surface area contributed by atoms with Gasteiger partial charge < -0.3 is 15.5 Å². The van der Waals surface area contributed by atoms with Crippen LogP contribution in [0.1, 0.15) is 29.6 Å². The zero-order chi connectivity index (χ0) is 19.2. The van der Waals surface area contributed by atoms with Crippen LogP contribution in [-0.4, -0.2) is 36.4 Å². The number of benzene rings is 1. The first-order chi connectivity index (χ1) is 13.0. The first-order valence-electron chi connectivity index (χ1n) is 8.77. The number of amides is 2. The highest BCUT2D eigenvalue weighted by Crippen LogP contribution is 2.21. The number of carbonyl (C=O) groups excluding carboxylic acids is 2. The molecule has 2 amide bonds. The summed E-state index contributed by atoms with van der Waals surface area (Å²) in [7, 11) is 0. The minimum atomic E-state index is -0.444. The SMILES string of the molecule is O=C(CNC(=O)c1ccc(Cl)cc1Cl)Nc1ccc(N2CCCCC2)cn1. The summed E-state index contributed by atoms with van der Waals surface area (Å²) in [6, 6.07) is 8.26. The van der Waals surface area contributed by atoms with Gasteiger partial charge in [0.2, 0.25) is 5.91 Å². The summed E-state index contributed by atoms with van der Waals surface area (Å²) >= 11 is 11.8. The van der Waals surface area contributed by atoms with Gasteiger partial charge in [0.15, 0.2) is 0 Å². The molecule has 2 heterocycles. The zero-order valence-corrected chi connectivity index (χ0v) is 16.2. The van der Waals surface area contributed by atoms with Crippen molar-refractivity contribution in [3.63, 3.8) is 0 Å². The highest BCUT2D eigenvalue weighted by Gasteiger charge is 2.13. The molecular weight excluding hydrogens is 387 g/mol. The van der Waals surface area contributed by atoms with Crippen LogP contribution in [0, 0.1) is 0 Å². The summed E-state index contributed by atoms with van der Waals surface area (Å²) in [6.45, 7) is 1.88. The molecule has 0 atom stereocenters. The molecule has 0 spiro atoms. The Bertz CT molecular complexity index is 821. The van der Waals surface area contributed by atoms with Crippen molar-refractivity contribution in [1.29, 1.82) is 0 Å². The van der Waals surface area contributed by atoms with Crippen molar-refractivity contribution >= 4 is 46.5 Å². The van der Waals surface area contributed by atoms with E-state index in [0.717, 1.165) is 18.8 Å². The summed E-state index contributed by atoms with van der Waals surface area (Å²) in [6.07, 6.45) is 5.41. The quantitative estimate of drug-likeness (QED) is 0.792. The molecule has 1 aliphatic rings. The van der Waals surface area contributed by atoms with E-state index >= 15 is 0 Å². The van der Waals surface area contributed by atoms with E-state index in [1.165, 1.54) is 31.4 Å². The van der Waals surface area contributed by atoms with Gasteiger partial charge in [0.1, 0.15) is 5.82 Å². The molecular formula is C19H20Cl2N4O2. The van der Waals surface area contributed by atoms with Crippen molar-refractivity contribution in [1.82, 2.24) is 10.3 Å². The van der Waals surface area contributed by atoms with Crippen molar-refractivity contribution in [3.8, 4) is 0 Å². The number of piperidine rings is 1. The molecule has 1 aliphatic heterocycles. The van der Waals surface area contributed by atoms with E-state index in [1.54, 1.807) is 18.3 Å². The summed E-state index contributed by atoms with van der Waals surface area (Å²) in [4.78, 5) is 30.7. The largest absolute Gasteiger partial charge is 0.370 e. The Hall–Kier alpha value is -2.31. The van der Waals surface area contributed by atoms with Gasteiger partial charge in [-0.3, -0.25) is 9.59 Å². The van der Waals surface area contributed by atoms with Crippen LogP contribution in [-0.2, 0) is 4.79 Å². The van der Waals surface area contributed by atoms with Gasteiger partial charge in [0.25, 0.3) is 5.91 Å². The van der Waals surface area contributed by atoms with Crippen LogP contribution in [0.5, 0.6) is 0 Å². The monoisotopic (exact) mass is 406 g/mol. The minimum absolute atomic E-state index is 0.187. The van der Waals surface area contributed by atoms with Gasteiger partial charge in [0, 0.05) is 18.1 Å². The summed E-state index contributed by atoms with van der Waals surface area (Å²) in [5.41, 5.74) is 1.32. The highest BCUT2D eigenvalue weighted by atomic mass is 35.5. The van der Waals surface area contributed by atoms with Crippen molar-refractivity contribution in [2.45, 2.75) is 19.3 Å². The van der Waals surface area contributed by atoms with Crippen LogP contribution in [0.2, 0.25) is 10.0 Å². The van der Waals surface area contributed by atoms with Crippen LogP contribution in [0.4, 0.5) is 11.5 Å². The van der Waals surface area contributed by atoms with E-state index in [1.807, 2.05) is 6.07 Å². The summed E-state index contributed by atoms with van der Waals surface area (Å²) in [5.74, 6) is -0.369. The standard InChI is InChI=1S/C19H20Cl2N4O2/c20-13-4-6-15(16(21)10-13)19(27)23-12-18(26)24-17-7-5-14(11-22-17)25-8-2-1-3-9-25/h4-7,10-11H,1-3,8-9,12H2,(H,23,27)(H,22,24,26). The molecule has 8 heteroatoms. The minimum Gasteiger partial charge on any atom is -0.370 e. The van der Waals surface area contributed by atoms with E-state index in [4.69, 9.17) is 23.2 Å². The molecule has 0 radical (unpaired) electrons. The molecule has 2 N–H and O–H groups in total. The molecule has 0 bridgehead atoms. The number of rotatable bonds is 5. The second kappa shape index (κ2) is 9.06. The van der Waals surface area contributed by atoms with E-state index in [2.05, 4.69) is 20.5 Å². The fourth-order valence-corrected chi connectivity index (χ4v) is 3.41. The molecule has 27 heavy (non-hydrogen) atoms. The van der Waals surface area contributed by atoms with Crippen LogP contribution < -0.4 is 15.5 Å². The first-order valence-corrected chi connectivity index (χ1v) is 9.52. The van der Waals surface area contributed by atoms with Gasteiger partial charge in [-0.2, -0.15) is 0 Å². The van der Waals surface area contributed by atoms with Crippen LogP contribution in [0.15, 0.2) is 36.5 Å². The fraction of sp³-hybridized carbons (Fsp3) is 0.316. The van der Waals surface area contributed by atoms with Gasteiger partial charge in [-0.1, -0.05) is 23.2 Å². The molecule has 6 nitrogen and oxygen atoms in total. The smallest absolute Gasteiger partial charge is 0.253 e. The number of carbonyl (C=O) groups is 2. The Kier molecular flexibility index (Phi) is 6.53. The van der Waals surface area contributed by atoms with Crippen molar-refractivity contribution in [2.75, 3.05) is 29.9 Å². The maximum atomic E-state index is 12.1. The molecule has 1 aromatic carbocycles. The lowest BCUT2D eigenvalue weighted by Gasteiger charge is -2.28. The van der Waals surface area contributed by atoms with Gasteiger partial charge in [-0.15, -0.1) is 0 Å². The molecule has 1 fully saturated rings. The Labute approximate surface area is 167 Å². The lowest BCUT2D eigenvalue weighted by molar-refractivity contribution is -0.115. The summed E-state index contributed by atoms with van der Waals surface area (Å²) < 4.78 is 0. The zero-order valence-electron chi connectivity index (χ0n) is 14.7. The predicted octanol–water partition coefficient (Wildman–Crippen LogP) is 3.75. The average molecular weight is 407 g/mol. The number of aromatic nitrogens is 1. The highest BCUT2D eigenvalue weighted by molar-refractivity contribution is 6.36. The third-order valence-electron chi connectivity index (χ3n) is 4.32. The van der Waals surface area contributed by atoms with Crippen LogP contribution in [0.25, 0.3) is 0 Å². The third-order valence-corrected chi connectivity index (χ3v) is 4.87. The Morgan fingerprint density at radius 1 is 1.07 bits per heavy atom. The second-order valence-electron chi connectivity index (χ2n) is 6.30.